The van der Waals surface area contributed by atoms with Crippen molar-refractivity contribution in [2.24, 2.45) is 11.8 Å². The van der Waals surface area contributed by atoms with Crippen LogP contribution in [0.2, 0.25) is 5.02 Å². The van der Waals surface area contributed by atoms with Crippen LogP contribution in [0.3, 0.4) is 0 Å². The van der Waals surface area contributed by atoms with Crippen LogP contribution in [0.15, 0.2) is 12.3 Å². The Morgan fingerprint density at radius 1 is 1.33 bits per heavy atom. The fourth-order valence-corrected chi connectivity index (χ4v) is 3.24. The average Bonchev–Trinajstić information content (AvgIpc) is 2.89. The summed E-state index contributed by atoms with van der Waals surface area (Å²) in [7, 11) is 1.83. The summed E-state index contributed by atoms with van der Waals surface area (Å²) in [4.78, 5) is 7.34. The van der Waals surface area contributed by atoms with E-state index in [9.17, 15) is 18.3 Å². The summed E-state index contributed by atoms with van der Waals surface area (Å²) in [5.74, 6) is -0.313. The average molecular weight is 368 g/mol. The molecule has 1 aliphatic heterocycles. The van der Waals surface area contributed by atoms with E-state index in [4.69, 9.17) is 16.7 Å². The minimum absolute atomic E-state index is 0.00763. The van der Waals surface area contributed by atoms with Gasteiger partial charge in [-0.3, -0.25) is 0 Å². The molecule has 0 saturated carbocycles. The van der Waals surface area contributed by atoms with Crippen LogP contribution in [0.1, 0.15) is 5.56 Å². The lowest BCUT2D eigenvalue weighted by atomic mass is 9.96. The van der Waals surface area contributed by atoms with Crippen LogP contribution in [0, 0.1) is 11.8 Å². The third kappa shape index (κ3) is 4.50. The van der Waals surface area contributed by atoms with Crippen molar-refractivity contribution in [1.82, 2.24) is 9.88 Å². The van der Waals surface area contributed by atoms with Gasteiger partial charge in [0.1, 0.15) is 5.82 Å². The maximum absolute atomic E-state index is 13.3. The summed E-state index contributed by atoms with van der Waals surface area (Å²) in [5, 5.41) is 18.5. The van der Waals surface area contributed by atoms with Crippen molar-refractivity contribution >= 4 is 17.4 Å². The molecular formula is C15H21ClF3N3O2. The molecule has 1 aromatic rings. The first kappa shape index (κ1) is 19.2. The zero-order valence-corrected chi connectivity index (χ0v) is 14.1. The standard InChI is InChI=1S/C15H21ClF3N3O2/c1-21(2-3-23)6-10-7-22(8-11(10)9-24)14-13(15(17,18)19)4-12(16)5-20-14/h4-5,10-11,23-24H,2-3,6-9H2,1H3/t10-,11-/m1/s1. The van der Waals surface area contributed by atoms with Gasteiger partial charge in [-0.2, -0.15) is 13.2 Å². The highest BCUT2D eigenvalue weighted by Gasteiger charge is 2.40. The Morgan fingerprint density at radius 3 is 2.58 bits per heavy atom. The highest BCUT2D eigenvalue weighted by atomic mass is 35.5. The second-order valence-electron chi connectivity index (χ2n) is 6.12. The van der Waals surface area contributed by atoms with Crippen molar-refractivity contribution in [3.8, 4) is 0 Å². The minimum atomic E-state index is -4.55. The predicted octanol–water partition coefficient (Wildman–Crippen LogP) is 1.72. The van der Waals surface area contributed by atoms with Gasteiger partial charge < -0.3 is 20.0 Å². The molecule has 2 N–H and O–H groups in total. The van der Waals surface area contributed by atoms with Crippen LogP contribution in [0.25, 0.3) is 0 Å². The first-order valence-electron chi connectivity index (χ1n) is 7.64. The summed E-state index contributed by atoms with van der Waals surface area (Å²) in [6, 6.07) is 0.878. The third-order valence-corrected chi connectivity index (χ3v) is 4.48. The number of hydrogen-bond donors (Lipinski definition) is 2. The van der Waals surface area contributed by atoms with Gasteiger partial charge in [0.15, 0.2) is 0 Å². The lowest BCUT2D eigenvalue weighted by Crippen LogP contribution is -2.33. The van der Waals surface area contributed by atoms with Crippen molar-refractivity contribution in [3.05, 3.63) is 22.8 Å². The molecule has 1 aromatic heterocycles. The summed E-state index contributed by atoms with van der Waals surface area (Å²) in [6.45, 7) is 1.61. The first-order valence-corrected chi connectivity index (χ1v) is 8.02. The van der Waals surface area contributed by atoms with E-state index < -0.39 is 11.7 Å². The van der Waals surface area contributed by atoms with Crippen molar-refractivity contribution in [1.29, 1.82) is 0 Å². The number of aliphatic hydroxyl groups excluding tert-OH is 2. The van der Waals surface area contributed by atoms with Gasteiger partial charge in [-0.1, -0.05) is 11.6 Å². The Morgan fingerprint density at radius 2 is 2.00 bits per heavy atom. The molecular weight excluding hydrogens is 347 g/mol. The molecule has 0 unspecified atom stereocenters. The molecule has 0 amide bonds. The van der Waals surface area contributed by atoms with Crippen LogP contribution >= 0.6 is 11.6 Å². The molecule has 1 aliphatic rings. The van der Waals surface area contributed by atoms with E-state index in [0.717, 1.165) is 6.07 Å². The van der Waals surface area contributed by atoms with Gasteiger partial charge in [-0.25, -0.2) is 4.98 Å². The molecule has 24 heavy (non-hydrogen) atoms. The van der Waals surface area contributed by atoms with Gasteiger partial charge in [0.05, 0.1) is 17.2 Å². The lowest BCUT2D eigenvalue weighted by molar-refractivity contribution is -0.137. The Hall–Kier alpha value is -1.09. The normalized spacial score (nSPS) is 21.8. The van der Waals surface area contributed by atoms with E-state index >= 15 is 0 Å². The number of halogens is 4. The van der Waals surface area contributed by atoms with E-state index in [1.165, 1.54) is 6.20 Å². The quantitative estimate of drug-likeness (QED) is 0.802. The number of aromatic nitrogens is 1. The monoisotopic (exact) mass is 367 g/mol. The Kier molecular flexibility index (Phi) is 6.30. The smallest absolute Gasteiger partial charge is 0.396 e. The minimum Gasteiger partial charge on any atom is -0.396 e. The molecule has 0 aromatic carbocycles. The topological polar surface area (TPSA) is 59.8 Å². The largest absolute Gasteiger partial charge is 0.420 e. The van der Waals surface area contributed by atoms with Crippen molar-refractivity contribution in [2.45, 2.75) is 6.18 Å². The summed E-state index contributed by atoms with van der Waals surface area (Å²) >= 11 is 5.67. The maximum atomic E-state index is 13.3. The molecule has 1 saturated heterocycles. The van der Waals surface area contributed by atoms with Crippen LogP contribution in [-0.4, -0.2) is 66.5 Å². The SMILES string of the molecule is CN(CCO)C[C@@H]1CN(c2ncc(Cl)cc2C(F)(F)F)C[C@@H]1CO. The molecule has 0 spiro atoms. The first-order chi connectivity index (χ1) is 11.3. The van der Waals surface area contributed by atoms with Gasteiger partial charge in [-0.15, -0.1) is 0 Å². The number of anilines is 1. The lowest BCUT2D eigenvalue weighted by Gasteiger charge is -2.24. The number of pyridine rings is 1. The molecule has 1 fully saturated rings. The zero-order chi connectivity index (χ0) is 17.9. The molecule has 2 rings (SSSR count). The highest BCUT2D eigenvalue weighted by molar-refractivity contribution is 6.30. The van der Waals surface area contributed by atoms with E-state index in [1.807, 2.05) is 11.9 Å². The Labute approximate surface area is 143 Å². The second kappa shape index (κ2) is 7.86. The molecule has 0 bridgehead atoms. The number of rotatable bonds is 6. The van der Waals surface area contributed by atoms with E-state index in [1.54, 1.807) is 4.90 Å². The number of alkyl halides is 3. The molecule has 2 atom stereocenters. The summed E-state index contributed by atoms with van der Waals surface area (Å²) in [5.41, 5.74) is -0.865. The third-order valence-electron chi connectivity index (χ3n) is 4.28. The van der Waals surface area contributed by atoms with Crippen molar-refractivity contribution in [3.63, 3.8) is 0 Å². The van der Waals surface area contributed by atoms with Gasteiger partial charge >= 0.3 is 6.18 Å². The molecule has 0 radical (unpaired) electrons. The molecule has 9 heteroatoms. The van der Waals surface area contributed by atoms with Gasteiger partial charge in [0, 0.05) is 44.9 Å². The zero-order valence-electron chi connectivity index (χ0n) is 13.3. The van der Waals surface area contributed by atoms with Gasteiger partial charge in [-0.05, 0) is 19.0 Å². The molecule has 136 valence electrons. The van der Waals surface area contributed by atoms with Crippen molar-refractivity contribution in [2.75, 3.05) is 51.3 Å². The number of nitrogens with zero attached hydrogens (tertiary/aromatic N) is 3. The van der Waals surface area contributed by atoms with E-state index in [-0.39, 0.29) is 35.9 Å². The van der Waals surface area contributed by atoms with Gasteiger partial charge in [0.2, 0.25) is 0 Å². The van der Waals surface area contributed by atoms with Crippen LogP contribution in [-0.2, 0) is 6.18 Å². The Bertz CT molecular complexity index is 559. The maximum Gasteiger partial charge on any atom is 0.420 e. The summed E-state index contributed by atoms with van der Waals surface area (Å²) < 4.78 is 39.8. The van der Waals surface area contributed by atoms with Gasteiger partial charge in [0.25, 0.3) is 0 Å². The molecule has 0 aliphatic carbocycles. The fraction of sp³-hybridized carbons (Fsp3) is 0.667. The number of aliphatic hydroxyl groups is 2. The molecule has 2 heterocycles. The van der Waals surface area contributed by atoms with Crippen LogP contribution < -0.4 is 4.90 Å². The fourth-order valence-electron chi connectivity index (χ4n) is 3.08. The van der Waals surface area contributed by atoms with Crippen molar-refractivity contribution < 1.29 is 23.4 Å². The summed E-state index contributed by atoms with van der Waals surface area (Å²) in [6.07, 6.45) is -3.35. The molecule has 5 nitrogen and oxygen atoms in total. The van der Waals surface area contributed by atoms with E-state index in [0.29, 0.717) is 26.2 Å². The Balaban J connectivity index is 2.22. The highest BCUT2D eigenvalue weighted by Crippen LogP contribution is 2.39. The van der Waals surface area contributed by atoms with Crippen LogP contribution in [0.4, 0.5) is 19.0 Å². The number of hydrogen-bond acceptors (Lipinski definition) is 5. The second-order valence-corrected chi connectivity index (χ2v) is 6.55. The predicted molar refractivity (Wildman–Crippen MR) is 85.1 cm³/mol. The number of likely N-dealkylation sites (N-methyl/N-ethyl adjacent to an activating group) is 1. The van der Waals surface area contributed by atoms with E-state index in [2.05, 4.69) is 4.98 Å². The van der Waals surface area contributed by atoms with Crippen LogP contribution in [0.5, 0.6) is 0 Å².